The van der Waals surface area contributed by atoms with E-state index in [4.69, 9.17) is 16.3 Å². The molecule has 5 nitrogen and oxygen atoms in total. The molecule has 0 unspecified atom stereocenters. The Balaban J connectivity index is 1.85. The zero-order valence-corrected chi connectivity index (χ0v) is 15.2. The number of piperidine rings is 1. The average molecular weight is 353 g/mol. The Hall–Kier alpha value is -1.75. The van der Waals surface area contributed by atoms with Crippen molar-refractivity contribution in [3.63, 3.8) is 0 Å². The third-order valence-electron chi connectivity index (χ3n) is 3.82. The van der Waals surface area contributed by atoms with Crippen LogP contribution < -0.4 is 5.32 Å². The molecule has 132 valence electrons. The predicted molar refractivity (Wildman–Crippen MR) is 93.8 cm³/mol. The molecule has 1 saturated heterocycles. The number of nitrogens with one attached hydrogen (secondary N) is 1. The Kier molecular flexibility index (Phi) is 6.10. The second-order valence-corrected chi connectivity index (χ2v) is 7.55. The van der Waals surface area contributed by atoms with E-state index in [-0.39, 0.29) is 17.9 Å². The molecule has 1 N–H and O–H groups in total. The van der Waals surface area contributed by atoms with E-state index in [0.717, 1.165) is 18.4 Å². The van der Waals surface area contributed by atoms with Crippen molar-refractivity contribution in [1.82, 2.24) is 10.2 Å². The standard InChI is InChI=1S/C18H25ClN2O3/c1-18(2,3)24-17(23)21-10-4-5-14(12-21)16(22)20-11-13-6-8-15(19)9-7-13/h6-9,14H,4-5,10-12H2,1-3H3,(H,20,22)/t14-/m1/s1. The van der Waals surface area contributed by atoms with Crippen molar-refractivity contribution in [3.8, 4) is 0 Å². The van der Waals surface area contributed by atoms with Crippen molar-refractivity contribution in [1.29, 1.82) is 0 Å². The van der Waals surface area contributed by atoms with Crippen LogP contribution in [0.3, 0.4) is 0 Å². The first kappa shape index (κ1) is 18.6. The lowest BCUT2D eigenvalue weighted by molar-refractivity contribution is -0.126. The maximum Gasteiger partial charge on any atom is 0.410 e. The topological polar surface area (TPSA) is 58.6 Å². The SMILES string of the molecule is CC(C)(C)OC(=O)N1CCC[C@@H](C(=O)NCc2ccc(Cl)cc2)C1. The molecule has 0 aromatic heterocycles. The van der Waals surface area contributed by atoms with Gasteiger partial charge in [-0.2, -0.15) is 0 Å². The zero-order chi connectivity index (χ0) is 17.7. The van der Waals surface area contributed by atoms with E-state index in [1.54, 1.807) is 17.0 Å². The molecule has 1 aromatic rings. The number of nitrogens with zero attached hydrogens (tertiary/aromatic N) is 1. The minimum absolute atomic E-state index is 0.0294. The fraction of sp³-hybridized carbons (Fsp3) is 0.556. The van der Waals surface area contributed by atoms with Gasteiger partial charge in [0.05, 0.1) is 5.92 Å². The molecule has 1 aromatic carbocycles. The zero-order valence-electron chi connectivity index (χ0n) is 14.5. The van der Waals surface area contributed by atoms with E-state index in [1.165, 1.54) is 0 Å². The maximum absolute atomic E-state index is 12.4. The van der Waals surface area contributed by atoms with E-state index in [1.807, 2.05) is 32.9 Å². The molecule has 0 bridgehead atoms. The number of carbonyl (C=O) groups excluding carboxylic acids is 2. The van der Waals surface area contributed by atoms with Gasteiger partial charge in [-0.25, -0.2) is 4.79 Å². The van der Waals surface area contributed by atoms with E-state index < -0.39 is 5.60 Å². The summed E-state index contributed by atoms with van der Waals surface area (Å²) in [5.41, 5.74) is 0.466. The van der Waals surface area contributed by atoms with Crippen LogP contribution in [0.25, 0.3) is 0 Å². The molecule has 1 aliphatic rings. The molecular formula is C18H25ClN2O3. The lowest BCUT2D eigenvalue weighted by atomic mass is 9.97. The molecule has 0 aliphatic carbocycles. The number of benzene rings is 1. The third kappa shape index (κ3) is 5.71. The number of hydrogen-bond donors (Lipinski definition) is 1. The molecule has 1 fully saturated rings. The predicted octanol–water partition coefficient (Wildman–Crippen LogP) is 3.60. The van der Waals surface area contributed by atoms with Gasteiger partial charge in [-0.1, -0.05) is 23.7 Å². The van der Waals surface area contributed by atoms with Gasteiger partial charge in [0.2, 0.25) is 5.91 Å². The van der Waals surface area contributed by atoms with Crippen molar-refractivity contribution < 1.29 is 14.3 Å². The van der Waals surface area contributed by atoms with Crippen LogP contribution in [0, 0.1) is 5.92 Å². The molecule has 1 heterocycles. The molecule has 6 heteroatoms. The summed E-state index contributed by atoms with van der Waals surface area (Å²) in [5.74, 6) is -0.225. The number of likely N-dealkylation sites (tertiary alicyclic amines) is 1. The summed E-state index contributed by atoms with van der Waals surface area (Å²) in [6.07, 6.45) is 1.24. The number of amides is 2. The molecule has 0 spiro atoms. The lowest BCUT2D eigenvalue weighted by Gasteiger charge is -2.33. The van der Waals surface area contributed by atoms with Crippen LogP contribution in [-0.2, 0) is 16.1 Å². The Bertz CT molecular complexity index is 581. The second-order valence-electron chi connectivity index (χ2n) is 7.11. The Labute approximate surface area is 148 Å². The normalized spacial score (nSPS) is 18.2. The number of carbonyl (C=O) groups is 2. The molecule has 0 saturated carbocycles. The molecule has 0 radical (unpaired) electrons. The van der Waals surface area contributed by atoms with Crippen LogP contribution in [0.1, 0.15) is 39.2 Å². The Morgan fingerprint density at radius 1 is 1.29 bits per heavy atom. The van der Waals surface area contributed by atoms with Crippen molar-refractivity contribution in [2.75, 3.05) is 13.1 Å². The van der Waals surface area contributed by atoms with Crippen LogP contribution in [0.2, 0.25) is 5.02 Å². The monoisotopic (exact) mass is 352 g/mol. The van der Waals surface area contributed by atoms with Crippen LogP contribution in [0.15, 0.2) is 24.3 Å². The van der Waals surface area contributed by atoms with Crippen LogP contribution >= 0.6 is 11.6 Å². The molecule has 2 rings (SSSR count). The maximum atomic E-state index is 12.4. The van der Waals surface area contributed by atoms with Gasteiger partial charge in [-0.15, -0.1) is 0 Å². The smallest absolute Gasteiger partial charge is 0.410 e. The van der Waals surface area contributed by atoms with Crippen molar-refractivity contribution in [2.45, 2.75) is 45.8 Å². The van der Waals surface area contributed by atoms with E-state index in [9.17, 15) is 9.59 Å². The second kappa shape index (κ2) is 7.88. The molecule has 1 atom stereocenters. The Morgan fingerprint density at radius 2 is 1.96 bits per heavy atom. The summed E-state index contributed by atoms with van der Waals surface area (Å²) in [5, 5.41) is 3.61. The quantitative estimate of drug-likeness (QED) is 0.904. The summed E-state index contributed by atoms with van der Waals surface area (Å²) < 4.78 is 5.39. The summed E-state index contributed by atoms with van der Waals surface area (Å²) in [7, 11) is 0. The largest absolute Gasteiger partial charge is 0.444 e. The highest BCUT2D eigenvalue weighted by atomic mass is 35.5. The highest BCUT2D eigenvalue weighted by Crippen LogP contribution is 2.20. The summed E-state index contributed by atoms with van der Waals surface area (Å²) >= 11 is 5.85. The van der Waals surface area contributed by atoms with E-state index in [0.29, 0.717) is 24.7 Å². The molecule has 24 heavy (non-hydrogen) atoms. The number of hydrogen-bond acceptors (Lipinski definition) is 3. The summed E-state index contributed by atoms with van der Waals surface area (Å²) in [6.45, 7) is 7.01. The fourth-order valence-electron chi connectivity index (χ4n) is 2.62. The lowest BCUT2D eigenvalue weighted by Crippen LogP contribution is -2.46. The van der Waals surface area contributed by atoms with Crippen molar-refractivity contribution in [3.05, 3.63) is 34.9 Å². The highest BCUT2D eigenvalue weighted by molar-refractivity contribution is 6.30. The van der Waals surface area contributed by atoms with Gasteiger partial charge in [-0.3, -0.25) is 4.79 Å². The highest BCUT2D eigenvalue weighted by Gasteiger charge is 2.30. The van der Waals surface area contributed by atoms with Crippen LogP contribution in [0.5, 0.6) is 0 Å². The molecule has 2 amide bonds. The van der Waals surface area contributed by atoms with Gasteiger partial charge in [0.25, 0.3) is 0 Å². The Morgan fingerprint density at radius 3 is 2.58 bits per heavy atom. The van der Waals surface area contributed by atoms with Gasteiger partial charge in [0.1, 0.15) is 5.60 Å². The first-order valence-electron chi connectivity index (χ1n) is 8.25. The number of ether oxygens (including phenoxy) is 1. The number of halogens is 1. The van der Waals surface area contributed by atoms with Gasteiger partial charge < -0.3 is 15.0 Å². The number of rotatable bonds is 3. The average Bonchev–Trinajstić information content (AvgIpc) is 2.52. The van der Waals surface area contributed by atoms with Gasteiger partial charge in [0, 0.05) is 24.7 Å². The van der Waals surface area contributed by atoms with Gasteiger partial charge in [0.15, 0.2) is 0 Å². The van der Waals surface area contributed by atoms with Crippen molar-refractivity contribution >= 4 is 23.6 Å². The summed E-state index contributed by atoms with van der Waals surface area (Å²) in [6, 6.07) is 7.37. The third-order valence-corrected chi connectivity index (χ3v) is 4.08. The minimum Gasteiger partial charge on any atom is -0.444 e. The van der Waals surface area contributed by atoms with E-state index >= 15 is 0 Å². The van der Waals surface area contributed by atoms with Crippen LogP contribution in [-0.4, -0.2) is 35.6 Å². The first-order chi connectivity index (χ1) is 11.2. The van der Waals surface area contributed by atoms with E-state index in [2.05, 4.69) is 5.32 Å². The molecular weight excluding hydrogens is 328 g/mol. The van der Waals surface area contributed by atoms with Gasteiger partial charge >= 0.3 is 6.09 Å². The summed E-state index contributed by atoms with van der Waals surface area (Å²) in [4.78, 5) is 26.2. The fourth-order valence-corrected chi connectivity index (χ4v) is 2.75. The van der Waals surface area contributed by atoms with Gasteiger partial charge in [-0.05, 0) is 51.3 Å². The minimum atomic E-state index is -0.527. The van der Waals surface area contributed by atoms with Crippen LogP contribution in [0.4, 0.5) is 4.79 Å². The molecule has 1 aliphatic heterocycles. The first-order valence-corrected chi connectivity index (χ1v) is 8.62. The van der Waals surface area contributed by atoms with Crippen molar-refractivity contribution in [2.24, 2.45) is 5.92 Å².